The zero-order chi connectivity index (χ0) is 23.2. The molecule has 0 aliphatic rings. The van der Waals surface area contributed by atoms with Crippen LogP contribution in [0.2, 0.25) is 0 Å². The summed E-state index contributed by atoms with van der Waals surface area (Å²) in [7, 11) is 0. The van der Waals surface area contributed by atoms with E-state index in [2.05, 4.69) is 6.92 Å². The van der Waals surface area contributed by atoms with E-state index in [1.165, 1.54) is 0 Å². The van der Waals surface area contributed by atoms with Gasteiger partial charge in [-0.25, -0.2) is 14.0 Å². The van der Waals surface area contributed by atoms with Crippen molar-refractivity contribution in [1.82, 2.24) is 0 Å². The lowest BCUT2D eigenvalue weighted by Gasteiger charge is -2.10. The zero-order valence-corrected chi connectivity index (χ0v) is 19.0. The van der Waals surface area contributed by atoms with Crippen LogP contribution in [-0.2, 0) is 4.74 Å². The van der Waals surface area contributed by atoms with Gasteiger partial charge in [-0.15, -0.1) is 0 Å². The Kier molecular flexibility index (Phi) is 11.3. The van der Waals surface area contributed by atoms with Crippen LogP contribution in [-0.4, -0.2) is 31.3 Å². The molecule has 2 rings (SSSR count). The van der Waals surface area contributed by atoms with Crippen LogP contribution >= 0.6 is 0 Å². The maximum atomic E-state index is 13.7. The molecule has 0 aliphatic carbocycles. The molecule has 0 aliphatic heterocycles. The molecule has 0 spiro atoms. The topological polar surface area (TPSA) is 61.8 Å². The summed E-state index contributed by atoms with van der Waals surface area (Å²) in [6.45, 7) is 4.55. The van der Waals surface area contributed by atoms with E-state index >= 15 is 0 Å². The molecule has 2 aromatic carbocycles. The molecular weight excluding hydrogens is 411 g/mol. The van der Waals surface area contributed by atoms with E-state index in [1.807, 2.05) is 6.92 Å². The Morgan fingerprint density at radius 1 is 0.781 bits per heavy atom. The van der Waals surface area contributed by atoms with Gasteiger partial charge in [-0.1, -0.05) is 46.0 Å². The van der Waals surface area contributed by atoms with E-state index in [0.717, 1.165) is 38.5 Å². The van der Waals surface area contributed by atoms with Crippen molar-refractivity contribution in [3.63, 3.8) is 0 Å². The third kappa shape index (κ3) is 9.08. The smallest absolute Gasteiger partial charge is 0.343 e. The lowest BCUT2D eigenvalue weighted by atomic mass is 10.2. The van der Waals surface area contributed by atoms with Gasteiger partial charge in [0.1, 0.15) is 24.3 Å². The molecule has 1 unspecified atom stereocenters. The predicted molar refractivity (Wildman–Crippen MR) is 122 cm³/mol. The molecule has 0 radical (unpaired) electrons. The first kappa shape index (κ1) is 25.4. The van der Waals surface area contributed by atoms with Crippen molar-refractivity contribution in [2.75, 3.05) is 13.2 Å². The van der Waals surface area contributed by atoms with Gasteiger partial charge in [-0.05, 0) is 61.4 Å². The molecular formula is C26H33FO5. The summed E-state index contributed by atoms with van der Waals surface area (Å²) in [6, 6.07) is 12.6. The second-order valence-electron chi connectivity index (χ2n) is 7.69. The van der Waals surface area contributed by atoms with E-state index < -0.39 is 12.1 Å². The second-order valence-corrected chi connectivity index (χ2v) is 7.69. The Hall–Kier alpha value is -2.89. The number of rotatable bonds is 14. The third-order valence-corrected chi connectivity index (χ3v) is 4.92. The minimum atomic E-state index is -0.999. The summed E-state index contributed by atoms with van der Waals surface area (Å²) >= 11 is 0. The summed E-state index contributed by atoms with van der Waals surface area (Å²) < 4.78 is 29.7. The zero-order valence-electron chi connectivity index (χ0n) is 19.0. The molecule has 32 heavy (non-hydrogen) atoms. The predicted octanol–water partition coefficient (Wildman–Crippen LogP) is 6.55. The Morgan fingerprint density at radius 2 is 1.38 bits per heavy atom. The average molecular weight is 445 g/mol. The van der Waals surface area contributed by atoms with Crippen molar-refractivity contribution >= 4 is 11.9 Å². The van der Waals surface area contributed by atoms with Crippen LogP contribution < -0.4 is 9.47 Å². The number of unbranched alkanes of at least 4 members (excludes halogenated alkanes) is 4. The van der Waals surface area contributed by atoms with Gasteiger partial charge in [-0.2, -0.15) is 0 Å². The highest BCUT2D eigenvalue weighted by molar-refractivity contribution is 5.92. The fourth-order valence-corrected chi connectivity index (χ4v) is 2.98. The van der Waals surface area contributed by atoms with Gasteiger partial charge in [0.15, 0.2) is 0 Å². The number of hydrogen-bond acceptors (Lipinski definition) is 5. The highest BCUT2D eigenvalue weighted by Gasteiger charge is 2.12. The molecule has 0 saturated heterocycles. The summed E-state index contributed by atoms with van der Waals surface area (Å²) in [5.41, 5.74) is 0.752. The van der Waals surface area contributed by atoms with Crippen LogP contribution in [0.25, 0.3) is 0 Å². The van der Waals surface area contributed by atoms with Crippen molar-refractivity contribution in [3.05, 3.63) is 59.7 Å². The van der Waals surface area contributed by atoms with Crippen LogP contribution in [0.5, 0.6) is 11.5 Å². The van der Waals surface area contributed by atoms with E-state index in [9.17, 15) is 14.0 Å². The van der Waals surface area contributed by atoms with Gasteiger partial charge in [0.05, 0.1) is 17.7 Å². The summed E-state index contributed by atoms with van der Waals surface area (Å²) in [6.07, 6.45) is 5.42. The quantitative estimate of drug-likeness (QED) is 0.188. The summed E-state index contributed by atoms with van der Waals surface area (Å²) in [5.74, 6) is -0.0985. The first-order valence-electron chi connectivity index (χ1n) is 11.4. The van der Waals surface area contributed by atoms with Crippen LogP contribution in [0.3, 0.4) is 0 Å². The second kappa shape index (κ2) is 14.2. The van der Waals surface area contributed by atoms with Gasteiger partial charge < -0.3 is 14.2 Å². The maximum absolute atomic E-state index is 13.7. The van der Waals surface area contributed by atoms with Crippen LogP contribution in [0, 0.1) is 0 Å². The number of carbonyl (C=O) groups excluding carboxylic acids is 2. The van der Waals surface area contributed by atoms with E-state index in [4.69, 9.17) is 14.2 Å². The number of benzene rings is 2. The molecule has 0 N–H and O–H groups in total. The summed E-state index contributed by atoms with van der Waals surface area (Å²) in [5, 5.41) is 0. The molecule has 0 bridgehead atoms. The monoisotopic (exact) mass is 444 g/mol. The fraction of sp³-hybridized carbons (Fsp3) is 0.462. The van der Waals surface area contributed by atoms with Gasteiger partial charge in [-0.3, -0.25) is 0 Å². The number of ether oxygens (including phenoxy) is 3. The van der Waals surface area contributed by atoms with Gasteiger partial charge in [0, 0.05) is 0 Å². The molecule has 174 valence electrons. The maximum Gasteiger partial charge on any atom is 0.343 e. The fourth-order valence-electron chi connectivity index (χ4n) is 2.98. The van der Waals surface area contributed by atoms with Crippen molar-refractivity contribution in [3.8, 4) is 11.5 Å². The van der Waals surface area contributed by atoms with Crippen LogP contribution in [0.1, 0.15) is 79.5 Å². The third-order valence-electron chi connectivity index (χ3n) is 4.92. The normalized spacial score (nSPS) is 11.6. The minimum Gasteiger partial charge on any atom is -0.491 e. The average Bonchev–Trinajstić information content (AvgIpc) is 2.82. The van der Waals surface area contributed by atoms with Crippen molar-refractivity contribution < 1.29 is 28.2 Å². The van der Waals surface area contributed by atoms with Gasteiger partial charge >= 0.3 is 11.9 Å². The van der Waals surface area contributed by atoms with Crippen molar-refractivity contribution in [2.24, 2.45) is 0 Å². The Balaban J connectivity index is 1.80. The highest BCUT2D eigenvalue weighted by atomic mass is 19.1. The number of esters is 2. The van der Waals surface area contributed by atoms with Gasteiger partial charge in [0.25, 0.3) is 0 Å². The van der Waals surface area contributed by atoms with Crippen LogP contribution in [0.4, 0.5) is 4.39 Å². The first-order chi connectivity index (χ1) is 15.5. The van der Waals surface area contributed by atoms with E-state index in [-0.39, 0.29) is 12.6 Å². The van der Waals surface area contributed by atoms with Crippen LogP contribution in [0.15, 0.2) is 48.5 Å². The minimum absolute atomic E-state index is 0.00266. The molecule has 0 heterocycles. The Morgan fingerprint density at radius 3 is 2.00 bits per heavy atom. The first-order valence-corrected chi connectivity index (χ1v) is 11.4. The van der Waals surface area contributed by atoms with E-state index in [0.29, 0.717) is 35.7 Å². The Labute approximate surface area is 189 Å². The Bertz CT molecular complexity index is 817. The van der Waals surface area contributed by atoms with Gasteiger partial charge in [0.2, 0.25) is 0 Å². The molecule has 0 saturated carbocycles. The standard InChI is InChI=1S/C26H33FO5/c1-3-5-7-8-18-30-25(28)20-12-16-24(17-13-20)32-26(29)21-10-14-23(15-11-21)31-19-22(27)9-6-4-2/h10-17,22H,3-9,18-19H2,1-2H3. The molecule has 0 aromatic heterocycles. The largest absolute Gasteiger partial charge is 0.491 e. The SMILES string of the molecule is CCCCCCOC(=O)c1ccc(OC(=O)c2ccc(OCC(F)CCCC)cc2)cc1. The lowest BCUT2D eigenvalue weighted by Crippen LogP contribution is -2.13. The number of alkyl halides is 1. The molecule has 2 aromatic rings. The highest BCUT2D eigenvalue weighted by Crippen LogP contribution is 2.18. The number of halogens is 1. The lowest BCUT2D eigenvalue weighted by molar-refractivity contribution is 0.0497. The number of carbonyl (C=O) groups is 2. The molecule has 0 fully saturated rings. The van der Waals surface area contributed by atoms with Crippen molar-refractivity contribution in [1.29, 1.82) is 0 Å². The molecule has 1 atom stereocenters. The molecule has 6 heteroatoms. The summed E-state index contributed by atoms with van der Waals surface area (Å²) in [4.78, 5) is 24.4. The molecule has 5 nitrogen and oxygen atoms in total. The van der Waals surface area contributed by atoms with Crippen molar-refractivity contribution in [2.45, 2.75) is 65.0 Å². The molecule has 0 amide bonds. The number of hydrogen-bond donors (Lipinski definition) is 0. The van der Waals surface area contributed by atoms with E-state index in [1.54, 1.807) is 48.5 Å².